The summed E-state index contributed by atoms with van der Waals surface area (Å²) in [7, 11) is 0. The number of nitrogens with zero attached hydrogens (tertiary/aromatic N) is 3. The van der Waals surface area contributed by atoms with Crippen molar-refractivity contribution in [1.82, 2.24) is 15.3 Å². The topological polar surface area (TPSA) is 84.1 Å². The number of aromatic nitrogens is 2. The SMILES string of the molecule is Nc1ccc(-c2ccncc2)cc1CC(=O)c1ccc(N2CCNCC2)cn1. The minimum absolute atomic E-state index is 0.0366. The minimum atomic E-state index is -0.0366. The second-order valence-electron chi connectivity index (χ2n) is 6.89. The summed E-state index contributed by atoms with van der Waals surface area (Å²) in [6.45, 7) is 3.84. The number of pyridine rings is 2. The van der Waals surface area contributed by atoms with Gasteiger partial charge in [0.15, 0.2) is 5.78 Å². The maximum Gasteiger partial charge on any atom is 0.185 e. The third kappa shape index (κ3) is 4.02. The van der Waals surface area contributed by atoms with E-state index < -0.39 is 0 Å². The number of Topliss-reactive ketones (excluding diaryl/α,β-unsaturated/α-hetero) is 1. The molecule has 0 radical (unpaired) electrons. The number of nitrogens with two attached hydrogens (primary N) is 1. The van der Waals surface area contributed by atoms with Gasteiger partial charge in [-0.05, 0) is 53.1 Å². The van der Waals surface area contributed by atoms with Crippen LogP contribution in [0.5, 0.6) is 0 Å². The van der Waals surface area contributed by atoms with Crippen LogP contribution in [0, 0.1) is 0 Å². The van der Waals surface area contributed by atoms with Gasteiger partial charge in [0.2, 0.25) is 0 Å². The van der Waals surface area contributed by atoms with Gasteiger partial charge in [0.05, 0.1) is 11.9 Å². The highest BCUT2D eigenvalue weighted by Crippen LogP contribution is 2.24. The van der Waals surface area contributed by atoms with Crippen LogP contribution in [-0.4, -0.2) is 41.9 Å². The molecule has 1 aliphatic heterocycles. The van der Waals surface area contributed by atoms with Crippen molar-refractivity contribution < 1.29 is 4.79 Å². The first-order valence-corrected chi connectivity index (χ1v) is 9.44. The Balaban J connectivity index is 1.50. The van der Waals surface area contributed by atoms with Crippen molar-refractivity contribution in [3.8, 4) is 11.1 Å². The summed E-state index contributed by atoms with van der Waals surface area (Å²) in [5.41, 5.74) is 11.1. The van der Waals surface area contributed by atoms with Crippen molar-refractivity contribution in [2.45, 2.75) is 6.42 Å². The van der Waals surface area contributed by atoms with Crippen molar-refractivity contribution >= 4 is 17.2 Å². The van der Waals surface area contributed by atoms with Crippen molar-refractivity contribution in [2.24, 2.45) is 0 Å². The largest absolute Gasteiger partial charge is 0.398 e. The molecular weight excluding hydrogens is 350 g/mol. The maximum atomic E-state index is 12.8. The highest BCUT2D eigenvalue weighted by atomic mass is 16.1. The second kappa shape index (κ2) is 8.19. The van der Waals surface area contributed by atoms with E-state index in [0.717, 1.165) is 48.6 Å². The quantitative estimate of drug-likeness (QED) is 0.528. The zero-order chi connectivity index (χ0) is 19.3. The van der Waals surface area contributed by atoms with Gasteiger partial charge in [0, 0.05) is 50.7 Å². The van der Waals surface area contributed by atoms with Crippen molar-refractivity contribution in [3.63, 3.8) is 0 Å². The van der Waals surface area contributed by atoms with E-state index in [0.29, 0.717) is 11.4 Å². The number of piperazine rings is 1. The Morgan fingerprint density at radius 2 is 1.82 bits per heavy atom. The molecule has 3 N–H and O–H groups in total. The van der Waals surface area contributed by atoms with Crippen LogP contribution < -0.4 is 16.0 Å². The molecule has 0 aliphatic carbocycles. The van der Waals surface area contributed by atoms with Crippen LogP contribution in [0.3, 0.4) is 0 Å². The Morgan fingerprint density at radius 1 is 1.04 bits per heavy atom. The molecule has 0 unspecified atom stereocenters. The molecule has 0 bridgehead atoms. The van der Waals surface area contributed by atoms with Gasteiger partial charge in [0.1, 0.15) is 5.69 Å². The Kier molecular flexibility index (Phi) is 5.30. The van der Waals surface area contributed by atoms with Gasteiger partial charge in [-0.1, -0.05) is 6.07 Å². The molecule has 142 valence electrons. The summed E-state index contributed by atoms with van der Waals surface area (Å²) in [4.78, 5) is 23.5. The van der Waals surface area contributed by atoms with E-state index in [9.17, 15) is 4.79 Å². The fourth-order valence-corrected chi connectivity index (χ4v) is 3.41. The highest BCUT2D eigenvalue weighted by Gasteiger charge is 2.14. The summed E-state index contributed by atoms with van der Waals surface area (Å²) >= 11 is 0. The number of ketones is 1. The standard InChI is InChI=1S/C22H23N5O/c23-20-3-1-17(16-5-7-24-8-6-16)13-18(20)14-22(28)21-4-2-19(15-26-21)27-11-9-25-10-12-27/h1-8,13,15,25H,9-12,14,23H2. The van der Waals surface area contributed by atoms with E-state index in [2.05, 4.69) is 20.2 Å². The van der Waals surface area contributed by atoms with E-state index in [-0.39, 0.29) is 12.2 Å². The molecule has 2 aromatic heterocycles. The lowest BCUT2D eigenvalue weighted by molar-refractivity contribution is 0.0988. The number of anilines is 2. The van der Waals surface area contributed by atoms with E-state index in [1.54, 1.807) is 18.6 Å². The van der Waals surface area contributed by atoms with Crippen LogP contribution in [0.2, 0.25) is 0 Å². The zero-order valence-electron chi connectivity index (χ0n) is 15.6. The molecule has 28 heavy (non-hydrogen) atoms. The van der Waals surface area contributed by atoms with Crippen LogP contribution in [0.15, 0.2) is 61.1 Å². The fourth-order valence-electron chi connectivity index (χ4n) is 3.41. The molecule has 1 fully saturated rings. The number of hydrogen-bond acceptors (Lipinski definition) is 6. The highest BCUT2D eigenvalue weighted by molar-refractivity contribution is 5.96. The van der Waals surface area contributed by atoms with E-state index in [4.69, 9.17) is 5.73 Å². The fraction of sp³-hybridized carbons (Fsp3) is 0.227. The average molecular weight is 373 g/mol. The molecule has 6 heteroatoms. The molecule has 3 aromatic rings. The molecular formula is C22H23N5O. The van der Waals surface area contributed by atoms with E-state index in [1.807, 2.05) is 42.5 Å². The summed E-state index contributed by atoms with van der Waals surface area (Å²) in [5, 5.41) is 3.33. The third-order valence-corrected chi connectivity index (χ3v) is 5.02. The van der Waals surface area contributed by atoms with Crippen molar-refractivity contribution in [1.29, 1.82) is 0 Å². The summed E-state index contributed by atoms with van der Waals surface area (Å²) in [5.74, 6) is -0.0366. The monoisotopic (exact) mass is 373 g/mol. The summed E-state index contributed by atoms with van der Waals surface area (Å²) in [6.07, 6.45) is 5.51. The van der Waals surface area contributed by atoms with E-state index in [1.165, 1.54) is 0 Å². The van der Waals surface area contributed by atoms with Gasteiger partial charge in [-0.25, -0.2) is 0 Å². The predicted octanol–water partition coefficient (Wildman–Crippen LogP) is 2.56. The zero-order valence-corrected chi connectivity index (χ0v) is 15.6. The number of hydrogen-bond donors (Lipinski definition) is 2. The lowest BCUT2D eigenvalue weighted by Crippen LogP contribution is -2.43. The second-order valence-corrected chi connectivity index (χ2v) is 6.89. The molecule has 1 aliphatic rings. The number of nitrogens with one attached hydrogen (secondary N) is 1. The van der Waals surface area contributed by atoms with Crippen molar-refractivity contribution in [2.75, 3.05) is 36.8 Å². The smallest absolute Gasteiger partial charge is 0.185 e. The predicted molar refractivity (Wildman–Crippen MR) is 111 cm³/mol. The summed E-state index contributed by atoms with van der Waals surface area (Å²) < 4.78 is 0. The first-order chi connectivity index (χ1) is 13.7. The Hall–Kier alpha value is -3.25. The first-order valence-electron chi connectivity index (χ1n) is 9.44. The Bertz CT molecular complexity index is 950. The molecule has 0 amide bonds. The van der Waals surface area contributed by atoms with E-state index >= 15 is 0 Å². The maximum absolute atomic E-state index is 12.8. The molecule has 0 atom stereocenters. The molecule has 4 rings (SSSR count). The third-order valence-electron chi connectivity index (χ3n) is 5.02. The van der Waals surface area contributed by atoms with Crippen LogP contribution in [0.25, 0.3) is 11.1 Å². The number of benzene rings is 1. The van der Waals surface area contributed by atoms with Crippen LogP contribution >= 0.6 is 0 Å². The van der Waals surface area contributed by atoms with Gasteiger partial charge in [-0.3, -0.25) is 14.8 Å². The van der Waals surface area contributed by atoms with Gasteiger partial charge in [0.25, 0.3) is 0 Å². The number of nitrogen functional groups attached to an aromatic ring is 1. The molecule has 6 nitrogen and oxygen atoms in total. The number of carbonyl (C=O) groups excluding carboxylic acids is 1. The summed E-state index contributed by atoms with van der Waals surface area (Å²) in [6, 6.07) is 13.4. The molecule has 3 heterocycles. The normalized spacial score (nSPS) is 14.1. The average Bonchev–Trinajstić information content (AvgIpc) is 2.76. The first kappa shape index (κ1) is 18.1. The number of rotatable bonds is 5. The van der Waals surface area contributed by atoms with Crippen molar-refractivity contribution in [3.05, 3.63) is 72.3 Å². The Labute approximate surface area is 164 Å². The molecule has 1 aromatic carbocycles. The van der Waals surface area contributed by atoms with Gasteiger partial charge < -0.3 is 16.0 Å². The van der Waals surface area contributed by atoms with Gasteiger partial charge in [-0.2, -0.15) is 0 Å². The minimum Gasteiger partial charge on any atom is -0.398 e. The van der Waals surface area contributed by atoms with Crippen LogP contribution in [0.1, 0.15) is 16.1 Å². The van der Waals surface area contributed by atoms with Gasteiger partial charge in [-0.15, -0.1) is 0 Å². The van der Waals surface area contributed by atoms with Crippen LogP contribution in [0.4, 0.5) is 11.4 Å². The lowest BCUT2D eigenvalue weighted by Gasteiger charge is -2.29. The molecule has 0 saturated carbocycles. The molecule has 0 spiro atoms. The van der Waals surface area contributed by atoms with Crippen LogP contribution in [-0.2, 0) is 6.42 Å². The molecule has 1 saturated heterocycles. The van der Waals surface area contributed by atoms with Gasteiger partial charge >= 0.3 is 0 Å². The Morgan fingerprint density at radius 3 is 2.54 bits per heavy atom. The lowest BCUT2D eigenvalue weighted by atomic mass is 9.99. The number of carbonyl (C=O) groups is 1.